The molecule has 1 aromatic rings. The molecule has 1 unspecified atom stereocenters. The number of hydrogen-bond acceptors (Lipinski definition) is 5. The minimum atomic E-state index is -2.87. The molecule has 2 heterocycles. The Labute approximate surface area is 111 Å². The monoisotopic (exact) mass is 285 g/mol. The van der Waals surface area contributed by atoms with Crippen LogP contribution in [0.25, 0.3) is 0 Å². The van der Waals surface area contributed by atoms with Gasteiger partial charge in [-0.3, -0.25) is 0 Å². The molecular weight excluding hydrogens is 274 g/mol. The molecule has 0 saturated carbocycles. The van der Waals surface area contributed by atoms with Crippen LogP contribution < -0.4 is 5.32 Å². The van der Waals surface area contributed by atoms with Crippen LogP contribution in [0.3, 0.4) is 0 Å². The van der Waals surface area contributed by atoms with E-state index in [2.05, 4.69) is 10.3 Å². The molecule has 1 aliphatic rings. The van der Waals surface area contributed by atoms with Crippen LogP contribution in [0.2, 0.25) is 5.02 Å². The number of sulfone groups is 1. The smallest absolute Gasteiger partial charge is 0.150 e. The summed E-state index contributed by atoms with van der Waals surface area (Å²) in [7, 11) is -2.87. The van der Waals surface area contributed by atoms with Crippen molar-refractivity contribution >= 4 is 27.3 Å². The van der Waals surface area contributed by atoms with Gasteiger partial charge in [-0.1, -0.05) is 11.6 Å². The molecule has 0 aliphatic carbocycles. The first kappa shape index (κ1) is 13.1. The summed E-state index contributed by atoms with van der Waals surface area (Å²) in [6.45, 7) is 0.501. The molecule has 0 spiro atoms. The fourth-order valence-electron chi connectivity index (χ4n) is 1.93. The van der Waals surface area contributed by atoms with Gasteiger partial charge in [-0.15, -0.1) is 0 Å². The Morgan fingerprint density at radius 1 is 1.61 bits per heavy atom. The average molecular weight is 286 g/mol. The second-order valence-corrected chi connectivity index (χ2v) is 6.89. The van der Waals surface area contributed by atoms with Crippen LogP contribution in [-0.4, -0.2) is 31.5 Å². The van der Waals surface area contributed by atoms with E-state index >= 15 is 0 Å². The van der Waals surface area contributed by atoms with Crippen LogP contribution >= 0.6 is 11.6 Å². The van der Waals surface area contributed by atoms with Gasteiger partial charge in [-0.2, -0.15) is 5.26 Å². The highest BCUT2D eigenvalue weighted by Gasteiger charge is 2.27. The standard InChI is InChI=1S/C11H12ClN3O2S/c12-10-9(5-13)1-3-14-11(10)15-6-8-2-4-18(16,17)7-8/h1,3,8H,2,4,6-7H2,(H,14,15). The molecular formula is C11H12ClN3O2S. The van der Waals surface area contributed by atoms with Crippen LogP contribution in [-0.2, 0) is 9.84 Å². The number of nitrogens with zero attached hydrogens (tertiary/aromatic N) is 2. The Morgan fingerprint density at radius 3 is 3.00 bits per heavy atom. The Kier molecular flexibility index (Phi) is 3.73. The maximum atomic E-state index is 11.3. The highest BCUT2D eigenvalue weighted by atomic mass is 35.5. The van der Waals surface area contributed by atoms with Gasteiger partial charge in [0.25, 0.3) is 0 Å². The number of hydrogen-bond donors (Lipinski definition) is 1. The Hall–Kier alpha value is -1.32. The largest absolute Gasteiger partial charge is 0.368 e. The quantitative estimate of drug-likeness (QED) is 0.909. The topological polar surface area (TPSA) is 82.8 Å². The number of rotatable bonds is 3. The summed E-state index contributed by atoms with van der Waals surface area (Å²) in [4.78, 5) is 4.04. The third-order valence-electron chi connectivity index (χ3n) is 2.89. The molecule has 0 amide bonds. The number of anilines is 1. The summed E-state index contributed by atoms with van der Waals surface area (Å²) < 4.78 is 22.6. The van der Waals surface area contributed by atoms with Crippen LogP contribution in [0.4, 0.5) is 5.82 Å². The van der Waals surface area contributed by atoms with Crippen LogP contribution in [0.5, 0.6) is 0 Å². The molecule has 2 rings (SSSR count). The lowest BCUT2D eigenvalue weighted by Gasteiger charge is -2.11. The molecule has 1 saturated heterocycles. The molecule has 1 atom stereocenters. The molecule has 18 heavy (non-hydrogen) atoms. The minimum absolute atomic E-state index is 0.0820. The van der Waals surface area contributed by atoms with E-state index in [1.165, 1.54) is 12.3 Å². The molecule has 0 aromatic carbocycles. The van der Waals surface area contributed by atoms with Crippen molar-refractivity contribution in [3.8, 4) is 6.07 Å². The van der Waals surface area contributed by atoms with Gasteiger partial charge in [0.05, 0.1) is 17.1 Å². The van der Waals surface area contributed by atoms with E-state index in [9.17, 15) is 8.42 Å². The van der Waals surface area contributed by atoms with Gasteiger partial charge in [0.1, 0.15) is 16.9 Å². The van der Waals surface area contributed by atoms with Crippen molar-refractivity contribution in [2.24, 2.45) is 5.92 Å². The maximum Gasteiger partial charge on any atom is 0.150 e. The lowest BCUT2D eigenvalue weighted by atomic mass is 10.1. The Morgan fingerprint density at radius 2 is 2.39 bits per heavy atom. The third kappa shape index (κ3) is 2.92. The third-order valence-corrected chi connectivity index (χ3v) is 5.11. The first-order valence-corrected chi connectivity index (χ1v) is 7.70. The van der Waals surface area contributed by atoms with E-state index in [0.717, 1.165) is 0 Å². The van der Waals surface area contributed by atoms with Crippen molar-refractivity contribution in [1.82, 2.24) is 4.98 Å². The van der Waals surface area contributed by atoms with E-state index in [1.807, 2.05) is 6.07 Å². The SMILES string of the molecule is N#Cc1ccnc(NCC2CCS(=O)(=O)C2)c1Cl. The number of aromatic nitrogens is 1. The first-order valence-electron chi connectivity index (χ1n) is 5.51. The Balaban J connectivity index is 2.02. The number of pyridine rings is 1. The predicted octanol–water partition coefficient (Wildman–Crippen LogP) is 1.45. The lowest BCUT2D eigenvalue weighted by Crippen LogP contribution is -2.16. The first-order chi connectivity index (χ1) is 8.52. The maximum absolute atomic E-state index is 11.3. The highest BCUT2D eigenvalue weighted by Crippen LogP contribution is 2.24. The molecule has 1 N–H and O–H groups in total. The zero-order valence-corrected chi connectivity index (χ0v) is 11.1. The van der Waals surface area contributed by atoms with Gasteiger partial charge in [0.2, 0.25) is 0 Å². The predicted molar refractivity (Wildman–Crippen MR) is 69.2 cm³/mol. The van der Waals surface area contributed by atoms with Crippen molar-refractivity contribution in [3.63, 3.8) is 0 Å². The van der Waals surface area contributed by atoms with Crippen molar-refractivity contribution in [2.75, 3.05) is 23.4 Å². The summed E-state index contributed by atoms with van der Waals surface area (Å²) in [5.41, 5.74) is 0.355. The molecule has 1 aliphatic heterocycles. The van der Waals surface area contributed by atoms with Gasteiger partial charge < -0.3 is 5.32 Å². The van der Waals surface area contributed by atoms with E-state index < -0.39 is 9.84 Å². The van der Waals surface area contributed by atoms with Gasteiger partial charge >= 0.3 is 0 Å². The minimum Gasteiger partial charge on any atom is -0.368 e. The van der Waals surface area contributed by atoms with Crippen molar-refractivity contribution in [1.29, 1.82) is 5.26 Å². The lowest BCUT2D eigenvalue weighted by molar-refractivity contribution is 0.595. The van der Waals surface area contributed by atoms with Gasteiger partial charge in [-0.25, -0.2) is 13.4 Å². The number of halogens is 1. The molecule has 96 valence electrons. The molecule has 7 heteroatoms. The van der Waals surface area contributed by atoms with E-state index in [4.69, 9.17) is 16.9 Å². The summed E-state index contributed by atoms with van der Waals surface area (Å²) >= 11 is 5.98. The molecule has 1 aromatic heterocycles. The van der Waals surface area contributed by atoms with E-state index in [0.29, 0.717) is 24.3 Å². The second-order valence-electron chi connectivity index (χ2n) is 4.28. The molecule has 0 radical (unpaired) electrons. The van der Waals surface area contributed by atoms with Crippen LogP contribution in [0.1, 0.15) is 12.0 Å². The van der Waals surface area contributed by atoms with E-state index in [-0.39, 0.29) is 22.4 Å². The van der Waals surface area contributed by atoms with Crippen LogP contribution in [0.15, 0.2) is 12.3 Å². The number of nitriles is 1. The summed E-state index contributed by atoms with van der Waals surface area (Å²) in [6, 6.07) is 3.50. The Bertz CT molecular complexity index is 595. The fourth-order valence-corrected chi connectivity index (χ4v) is 4.01. The summed E-state index contributed by atoms with van der Waals surface area (Å²) in [5, 5.41) is 12.1. The van der Waals surface area contributed by atoms with Gasteiger partial charge in [0, 0.05) is 12.7 Å². The van der Waals surface area contributed by atoms with E-state index in [1.54, 1.807) is 0 Å². The van der Waals surface area contributed by atoms with Crippen molar-refractivity contribution in [2.45, 2.75) is 6.42 Å². The highest BCUT2D eigenvalue weighted by molar-refractivity contribution is 7.91. The molecule has 0 bridgehead atoms. The van der Waals surface area contributed by atoms with Crippen molar-refractivity contribution < 1.29 is 8.42 Å². The van der Waals surface area contributed by atoms with Crippen molar-refractivity contribution in [3.05, 3.63) is 22.8 Å². The summed E-state index contributed by atoms with van der Waals surface area (Å²) in [5.74, 6) is 0.965. The van der Waals surface area contributed by atoms with Crippen LogP contribution in [0, 0.1) is 17.2 Å². The second kappa shape index (κ2) is 5.12. The molecule has 1 fully saturated rings. The number of nitrogens with one attached hydrogen (secondary N) is 1. The zero-order valence-electron chi connectivity index (χ0n) is 9.56. The fraction of sp³-hybridized carbons (Fsp3) is 0.455. The average Bonchev–Trinajstić information content (AvgIpc) is 2.68. The molecule has 5 nitrogen and oxygen atoms in total. The van der Waals surface area contributed by atoms with Gasteiger partial charge in [-0.05, 0) is 18.4 Å². The zero-order chi connectivity index (χ0) is 13.2. The van der Waals surface area contributed by atoms with Gasteiger partial charge in [0.15, 0.2) is 9.84 Å². The summed E-state index contributed by atoms with van der Waals surface area (Å²) in [6.07, 6.45) is 2.16. The normalized spacial score (nSPS) is 21.4.